The Kier molecular flexibility index (Phi) is 6.33. The minimum Gasteiger partial charge on any atom is -0.325 e. The monoisotopic (exact) mass is 382 g/mol. The molecule has 6 heteroatoms. The molecule has 0 aliphatic rings. The van der Waals surface area contributed by atoms with Crippen LogP contribution in [0.4, 0.5) is 14.5 Å². The lowest BCUT2D eigenvalue weighted by molar-refractivity contribution is -0.113. The summed E-state index contributed by atoms with van der Waals surface area (Å²) < 4.78 is 26.1. The summed E-state index contributed by atoms with van der Waals surface area (Å²) in [5, 5.41) is 2.80. The summed E-state index contributed by atoms with van der Waals surface area (Å²) in [6, 6.07) is 16.6. The van der Waals surface area contributed by atoms with E-state index in [2.05, 4.69) is 10.3 Å². The number of hydrogen-bond donors (Lipinski definition) is 1. The van der Waals surface area contributed by atoms with Gasteiger partial charge in [-0.3, -0.25) is 9.78 Å². The number of amides is 1. The molecule has 1 amide bonds. The minimum atomic E-state index is -0.923. The van der Waals surface area contributed by atoms with Crippen LogP contribution in [0.2, 0.25) is 0 Å². The minimum absolute atomic E-state index is 0.0963. The molecule has 0 fully saturated rings. The molecule has 0 bridgehead atoms. The number of rotatable bonds is 6. The molecule has 3 rings (SSSR count). The third-order valence-electron chi connectivity index (χ3n) is 3.57. The van der Waals surface area contributed by atoms with Crippen molar-refractivity contribution in [3.8, 4) is 0 Å². The van der Waals surface area contributed by atoms with E-state index >= 15 is 0 Å². The summed E-state index contributed by atoms with van der Waals surface area (Å²) >= 11 is 1.14. The van der Waals surface area contributed by atoms with Gasteiger partial charge in [-0.15, -0.1) is 11.8 Å². The van der Waals surface area contributed by atoms with Gasteiger partial charge in [0, 0.05) is 16.8 Å². The topological polar surface area (TPSA) is 42.0 Å². The van der Waals surface area contributed by atoms with Crippen LogP contribution < -0.4 is 5.32 Å². The van der Waals surface area contributed by atoms with Crippen LogP contribution >= 0.6 is 11.8 Å². The lowest BCUT2D eigenvalue weighted by Crippen LogP contribution is -2.14. The van der Waals surface area contributed by atoms with Gasteiger partial charge in [-0.25, -0.2) is 8.78 Å². The first-order valence-electron chi connectivity index (χ1n) is 8.17. The Morgan fingerprint density at radius 2 is 1.89 bits per heavy atom. The van der Waals surface area contributed by atoms with E-state index in [0.29, 0.717) is 10.6 Å². The molecule has 3 aromatic rings. The number of benzene rings is 2. The second-order valence-corrected chi connectivity index (χ2v) is 6.67. The zero-order chi connectivity index (χ0) is 19.1. The van der Waals surface area contributed by atoms with Gasteiger partial charge < -0.3 is 5.32 Å². The first-order valence-corrected chi connectivity index (χ1v) is 9.15. The molecule has 0 unspecified atom stereocenters. The molecule has 0 saturated heterocycles. The van der Waals surface area contributed by atoms with Crippen molar-refractivity contribution in [1.82, 2.24) is 4.98 Å². The predicted molar refractivity (Wildman–Crippen MR) is 105 cm³/mol. The zero-order valence-electron chi connectivity index (χ0n) is 14.2. The number of carbonyl (C=O) groups excluding carboxylic acids is 1. The number of aromatic nitrogens is 1. The van der Waals surface area contributed by atoms with Crippen molar-refractivity contribution < 1.29 is 13.6 Å². The van der Waals surface area contributed by atoms with E-state index in [-0.39, 0.29) is 11.7 Å². The fourth-order valence-corrected chi connectivity index (χ4v) is 3.01. The molecule has 1 aromatic heterocycles. The highest BCUT2D eigenvalue weighted by Gasteiger charge is 2.07. The smallest absolute Gasteiger partial charge is 0.234 e. The van der Waals surface area contributed by atoms with Crippen molar-refractivity contribution in [2.24, 2.45) is 0 Å². The van der Waals surface area contributed by atoms with Gasteiger partial charge in [-0.05, 0) is 54.1 Å². The zero-order valence-corrected chi connectivity index (χ0v) is 15.0. The first-order chi connectivity index (χ1) is 13.1. The quantitative estimate of drug-likeness (QED) is 0.591. The van der Waals surface area contributed by atoms with Crippen molar-refractivity contribution in [3.63, 3.8) is 0 Å². The van der Waals surface area contributed by atoms with Gasteiger partial charge in [0.05, 0.1) is 11.4 Å². The number of carbonyl (C=O) groups is 1. The van der Waals surface area contributed by atoms with Gasteiger partial charge in [0.2, 0.25) is 5.91 Å². The maximum Gasteiger partial charge on any atom is 0.234 e. The van der Waals surface area contributed by atoms with Crippen LogP contribution in [0.25, 0.3) is 12.2 Å². The Morgan fingerprint density at radius 1 is 1.00 bits per heavy atom. The highest BCUT2D eigenvalue weighted by Crippen LogP contribution is 2.21. The highest BCUT2D eigenvalue weighted by atomic mass is 32.2. The Balaban J connectivity index is 1.57. The van der Waals surface area contributed by atoms with Gasteiger partial charge in [0.1, 0.15) is 0 Å². The normalized spacial score (nSPS) is 10.9. The second-order valence-electron chi connectivity index (χ2n) is 5.63. The van der Waals surface area contributed by atoms with Crippen molar-refractivity contribution in [2.75, 3.05) is 11.1 Å². The summed E-state index contributed by atoms with van der Waals surface area (Å²) in [5.74, 6) is -1.96. The van der Waals surface area contributed by atoms with E-state index in [1.54, 1.807) is 12.3 Å². The Labute approximate surface area is 160 Å². The highest BCUT2D eigenvalue weighted by molar-refractivity contribution is 8.00. The van der Waals surface area contributed by atoms with Crippen LogP contribution in [0.1, 0.15) is 11.3 Å². The molecule has 0 spiro atoms. The lowest BCUT2D eigenvalue weighted by atomic mass is 10.1. The summed E-state index contributed by atoms with van der Waals surface area (Å²) in [4.78, 5) is 16.8. The molecule has 0 aliphatic heterocycles. The molecule has 0 atom stereocenters. The Hall–Kier alpha value is -2.99. The molecule has 0 saturated carbocycles. The average molecular weight is 382 g/mol. The van der Waals surface area contributed by atoms with Gasteiger partial charge in [0.15, 0.2) is 11.6 Å². The van der Waals surface area contributed by atoms with Crippen molar-refractivity contribution in [3.05, 3.63) is 89.8 Å². The largest absolute Gasteiger partial charge is 0.325 e. The molecule has 0 aliphatic carbocycles. The van der Waals surface area contributed by atoms with Crippen LogP contribution in [-0.2, 0) is 4.79 Å². The number of pyridine rings is 1. The molecular formula is C21H16F2N2OS. The molecule has 27 heavy (non-hydrogen) atoms. The van der Waals surface area contributed by atoms with E-state index in [0.717, 1.165) is 35.2 Å². The van der Waals surface area contributed by atoms with Crippen molar-refractivity contribution >= 4 is 35.5 Å². The standard InChI is InChI=1S/C21H16F2N2OS/c22-19-10-9-18(13-20(19)23)27-14-21(26)25-17-6-3-4-15(12-17)7-8-16-5-1-2-11-24-16/h1-13H,14H2,(H,25,26)/b8-7+. The molecule has 1 heterocycles. The summed E-state index contributed by atoms with van der Waals surface area (Å²) in [5.41, 5.74) is 2.43. The maximum atomic E-state index is 13.2. The molecular weight excluding hydrogens is 366 g/mol. The molecule has 0 radical (unpaired) electrons. The SMILES string of the molecule is O=C(CSc1ccc(F)c(F)c1)Nc1cccc(/C=C/c2ccccn2)c1. The van der Waals surface area contributed by atoms with Crippen molar-refractivity contribution in [1.29, 1.82) is 0 Å². The fraction of sp³-hybridized carbons (Fsp3) is 0.0476. The summed E-state index contributed by atoms with van der Waals surface area (Å²) in [7, 11) is 0. The Morgan fingerprint density at radius 3 is 2.67 bits per heavy atom. The number of hydrogen-bond acceptors (Lipinski definition) is 3. The van der Waals surface area contributed by atoms with Crippen LogP contribution in [0.15, 0.2) is 71.8 Å². The molecule has 136 valence electrons. The molecule has 1 N–H and O–H groups in total. The average Bonchev–Trinajstić information content (AvgIpc) is 2.68. The van der Waals surface area contributed by atoms with E-state index in [1.807, 2.05) is 48.6 Å². The summed E-state index contributed by atoms with van der Waals surface area (Å²) in [6.07, 6.45) is 5.52. The van der Waals surface area contributed by atoms with Gasteiger partial charge in [-0.2, -0.15) is 0 Å². The number of halogens is 2. The maximum absolute atomic E-state index is 13.2. The fourth-order valence-electron chi connectivity index (χ4n) is 2.29. The number of nitrogens with one attached hydrogen (secondary N) is 1. The van der Waals surface area contributed by atoms with Crippen LogP contribution in [-0.4, -0.2) is 16.6 Å². The van der Waals surface area contributed by atoms with Crippen LogP contribution in [0.3, 0.4) is 0 Å². The number of nitrogens with zero attached hydrogens (tertiary/aromatic N) is 1. The first kappa shape index (κ1) is 18.8. The lowest BCUT2D eigenvalue weighted by Gasteiger charge is -2.06. The van der Waals surface area contributed by atoms with Gasteiger partial charge in [-0.1, -0.05) is 24.3 Å². The summed E-state index contributed by atoms with van der Waals surface area (Å²) in [6.45, 7) is 0. The Bertz CT molecular complexity index is 961. The molecule has 3 nitrogen and oxygen atoms in total. The van der Waals surface area contributed by atoms with Crippen molar-refractivity contribution in [2.45, 2.75) is 4.90 Å². The third kappa shape index (κ3) is 5.76. The van der Waals surface area contributed by atoms with E-state index in [1.165, 1.54) is 6.07 Å². The second kappa shape index (κ2) is 9.09. The van der Waals surface area contributed by atoms with Gasteiger partial charge >= 0.3 is 0 Å². The third-order valence-corrected chi connectivity index (χ3v) is 4.56. The number of anilines is 1. The van der Waals surface area contributed by atoms with Crippen LogP contribution in [0.5, 0.6) is 0 Å². The molecule has 2 aromatic carbocycles. The number of thioether (sulfide) groups is 1. The van der Waals surface area contributed by atoms with E-state index < -0.39 is 11.6 Å². The predicted octanol–water partition coefficient (Wildman–Crippen LogP) is 5.26. The van der Waals surface area contributed by atoms with Crippen LogP contribution in [0, 0.1) is 11.6 Å². The van der Waals surface area contributed by atoms with E-state index in [9.17, 15) is 13.6 Å². The van der Waals surface area contributed by atoms with Gasteiger partial charge in [0.25, 0.3) is 0 Å². The van der Waals surface area contributed by atoms with E-state index in [4.69, 9.17) is 0 Å².